The number of benzene rings is 1. The Kier molecular flexibility index (Phi) is 2.00. The summed E-state index contributed by atoms with van der Waals surface area (Å²) in [6.07, 6.45) is 0.000722. The average Bonchev–Trinajstić information content (AvgIpc) is 2.43. The maximum atomic E-state index is 11.5. The molecule has 0 aromatic heterocycles. The van der Waals surface area contributed by atoms with E-state index in [-0.39, 0.29) is 18.1 Å². The number of carbonyl (C=O) groups excluding carboxylic acids is 1. The highest BCUT2D eigenvalue weighted by Crippen LogP contribution is 2.26. The van der Waals surface area contributed by atoms with Gasteiger partial charge in [-0.3, -0.25) is 9.69 Å². The molecule has 1 aromatic carbocycles. The van der Waals surface area contributed by atoms with Crippen LogP contribution in [0.15, 0.2) is 41.8 Å². The molecule has 0 fully saturated rings. The molecule has 1 aliphatic heterocycles. The number of hydrogen-bond donors (Lipinski definition) is 0. The summed E-state index contributed by atoms with van der Waals surface area (Å²) in [6.45, 7) is 1.68. The maximum Gasteiger partial charge on any atom is 0.234 e. The van der Waals surface area contributed by atoms with Gasteiger partial charge in [-0.2, -0.15) is 0 Å². The van der Waals surface area contributed by atoms with Crippen LogP contribution in [0.25, 0.3) is 0 Å². The van der Waals surface area contributed by atoms with Gasteiger partial charge in [-0.25, -0.2) is 0 Å². The van der Waals surface area contributed by atoms with E-state index in [2.05, 4.69) is 0 Å². The van der Waals surface area contributed by atoms with Crippen LogP contribution in [-0.2, 0) is 4.79 Å². The van der Waals surface area contributed by atoms with E-state index in [0.29, 0.717) is 5.70 Å². The fraction of sp³-hybridized carbons (Fsp3) is 0.182. The number of rotatable bonds is 1. The van der Waals surface area contributed by atoms with Crippen LogP contribution in [0.4, 0.5) is 5.69 Å². The standard InChI is InChI=1S/C11H11NO2/c1-8-10(13)7-11(14)12(8)9-5-3-2-4-6-9/h2-6,13H,7H2,1H3/p-1. The van der Waals surface area contributed by atoms with Crippen molar-refractivity contribution in [1.29, 1.82) is 0 Å². The molecule has 0 bridgehead atoms. The van der Waals surface area contributed by atoms with Crippen LogP contribution in [-0.4, -0.2) is 5.91 Å². The first-order valence-electron chi connectivity index (χ1n) is 4.45. The minimum atomic E-state index is -0.140. The summed E-state index contributed by atoms with van der Waals surface area (Å²) >= 11 is 0. The van der Waals surface area contributed by atoms with Crippen molar-refractivity contribution in [2.24, 2.45) is 0 Å². The molecule has 1 heterocycles. The summed E-state index contributed by atoms with van der Waals surface area (Å²) < 4.78 is 0. The van der Waals surface area contributed by atoms with Gasteiger partial charge in [0.1, 0.15) is 0 Å². The number of amides is 1. The topological polar surface area (TPSA) is 43.4 Å². The van der Waals surface area contributed by atoms with Crippen molar-refractivity contribution in [2.75, 3.05) is 4.90 Å². The van der Waals surface area contributed by atoms with Crippen LogP contribution in [0.5, 0.6) is 0 Å². The van der Waals surface area contributed by atoms with Crippen molar-refractivity contribution < 1.29 is 9.90 Å². The summed E-state index contributed by atoms with van der Waals surface area (Å²) in [5.41, 5.74) is 1.28. The molecular weight excluding hydrogens is 178 g/mol. The van der Waals surface area contributed by atoms with E-state index < -0.39 is 0 Å². The Balaban J connectivity index is 2.41. The van der Waals surface area contributed by atoms with Crippen molar-refractivity contribution >= 4 is 11.6 Å². The first kappa shape index (κ1) is 8.81. The number of anilines is 1. The van der Waals surface area contributed by atoms with Crippen molar-refractivity contribution in [1.82, 2.24) is 0 Å². The third kappa shape index (κ3) is 1.27. The van der Waals surface area contributed by atoms with Crippen LogP contribution in [0.1, 0.15) is 13.3 Å². The van der Waals surface area contributed by atoms with Gasteiger partial charge in [0.25, 0.3) is 0 Å². The molecule has 72 valence electrons. The predicted octanol–water partition coefficient (Wildman–Crippen LogP) is 1.02. The SMILES string of the molecule is CC1=C([O-])CC(=O)N1c1ccccc1. The van der Waals surface area contributed by atoms with Crippen molar-refractivity contribution in [2.45, 2.75) is 13.3 Å². The zero-order valence-electron chi connectivity index (χ0n) is 7.86. The van der Waals surface area contributed by atoms with E-state index in [0.717, 1.165) is 5.69 Å². The monoisotopic (exact) mass is 188 g/mol. The quantitative estimate of drug-likeness (QED) is 0.660. The van der Waals surface area contributed by atoms with E-state index in [1.165, 1.54) is 4.90 Å². The molecule has 0 spiro atoms. The Hall–Kier alpha value is -1.77. The van der Waals surface area contributed by atoms with E-state index in [9.17, 15) is 9.90 Å². The number of para-hydroxylation sites is 1. The number of hydrogen-bond acceptors (Lipinski definition) is 2. The third-order valence-electron chi connectivity index (χ3n) is 2.31. The van der Waals surface area contributed by atoms with Gasteiger partial charge in [-0.1, -0.05) is 18.2 Å². The molecule has 1 aliphatic rings. The highest BCUT2D eigenvalue weighted by molar-refractivity contribution is 6.00. The van der Waals surface area contributed by atoms with Crippen LogP contribution >= 0.6 is 0 Å². The molecule has 3 heteroatoms. The molecule has 0 radical (unpaired) electrons. The lowest BCUT2D eigenvalue weighted by molar-refractivity contribution is -0.305. The minimum absolute atomic E-state index is 0.000722. The molecule has 0 unspecified atom stereocenters. The van der Waals surface area contributed by atoms with Crippen LogP contribution < -0.4 is 10.0 Å². The first-order chi connectivity index (χ1) is 6.70. The normalized spacial score (nSPS) is 16.6. The van der Waals surface area contributed by atoms with Gasteiger partial charge in [0.2, 0.25) is 5.91 Å². The molecule has 2 rings (SSSR count). The molecule has 14 heavy (non-hydrogen) atoms. The minimum Gasteiger partial charge on any atom is -0.874 e. The number of allylic oxidation sites excluding steroid dienone is 1. The largest absolute Gasteiger partial charge is 0.874 e. The van der Waals surface area contributed by atoms with Gasteiger partial charge in [0.15, 0.2) is 0 Å². The highest BCUT2D eigenvalue weighted by atomic mass is 16.3. The zero-order chi connectivity index (χ0) is 10.1. The molecule has 3 nitrogen and oxygen atoms in total. The van der Waals surface area contributed by atoms with E-state index >= 15 is 0 Å². The van der Waals surface area contributed by atoms with Gasteiger partial charge in [0, 0.05) is 17.8 Å². The molecule has 1 amide bonds. The summed E-state index contributed by atoms with van der Waals surface area (Å²) in [7, 11) is 0. The Morgan fingerprint density at radius 3 is 2.43 bits per heavy atom. The van der Waals surface area contributed by atoms with Crippen LogP contribution in [0.3, 0.4) is 0 Å². The van der Waals surface area contributed by atoms with Crippen molar-refractivity contribution in [3.05, 3.63) is 41.8 Å². The second kappa shape index (κ2) is 3.18. The van der Waals surface area contributed by atoms with Crippen LogP contribution in [0, 0.1) is 0 Å². The summed E-state index contributed by atoms with van der Waals surface area (Å²) in [5, 5.41) is 11.3. The van der Waals surface area contributed by atoms with E-state index in [1.807, 2.05) is 30.3 Å². The van der Waals surface area contributed by atoms with Gasteiger partial charge >= 0.3 is 0 Å². The molecule has 0 N–H and O–H groups in total. The number of nitrogens with zero attached hydrogens (tertiary/aromatic N) is 1. The fourth-order valence-corrected chi connectivity index (χ4v) is 1.57. The smallest absolute Gasteiger partial charge is 0.234 e. The lowest BCUT2D eigenvalue weighted by Gasteiger charge is -2.18. The average molecular weight is 188 g/mol. The molecule has 0 aliphatic carbocycles. The van der Waals surface area contributed by atoms with Gasteiger partial charge in [-0.05, 0) is 19.1 Å². The van der Waals surface area contributed by atoms with Crippen molar-refractivity contribution in [3.8, 4) is 0 Å². The molecular formula is C11H10NO2-. The molecule has 0 atom stereocenters. The third-order valence-corrected chi connectivity index (χ3v) is 2.31. The Labute approximate surface area is 82.3 Å². The first-order valence-corrected chi connectivity index (χ1v) is 4.45. The number of carbonyl (C=O) groups is 1. The summed E-state index contributed by atoms with van der Waals surface area (Å²) in [5.74, 6) is -0.224. The Morgan fingerprint density at radius 1 is 1.29 bits per heavy atom. The maximum absolute atomic E-state index is 11.5. The van der Waals surface area contributed by atoms with E-state index in [1.54, 1.807) is 6.92 Å². The Bertz CT molecular complexity index is 395. The van der Waals surface area contributed by atoms with Gasteiger partial charge < -0.3 is 5.11 Å². The summed E-state index contributed by atoms with van der Waals surface area (Å²) in [6, 6.07) is 9.21. The lowest BCUT2D eigenvalue weighted by Crippen LogP contribution is -2.23. The summed E-state index contributed by atoms with van der Waals surface area (Å²) in [4.78, 5) is 13.0. The molecule has 0 saturated heterocycles. The molecule has 1 aromatic rings. The van der Waals surface area contributed by atoms with Crippen LogP contribution in [0.2, 0.25) is 0 Å². The second-order valence-corrected chi connectivity index (χ2v) is 3.25. The van der Waals surface area contributed by atoms with Gasteiger partial charge in [0.05, 0.1) is 0 Å². The van der Waals surface area contributed by atoms with Gasteiger partial charge in [-0.15, -0.1) is 5.76 Å². The predicted molar refractivity (Wildman–Crippen MR) is 51.2 cm³/mol. The Morgan fingerprint density at radius 2 is 1.93 bits per heavy atom. The molecule has 0 saturated carbocycles. The van der Waals surface area contributed by atoms with E-state index in [4.69, 9.17) is 0 Å². The highest BCUT2D eigenvalue weighted by Gasteiger charge is 2.23. The zero-order valence-corrected chi connectivity index (χ0v) is 7.86. The fourth-order valence-electron chi connectivity index (χ4n) is 1.57. The van der Waals surface area contributed by atoms with Crippen molar-refractivity contribution in [3.63, 3.8) is 0 Å². The lowest BCUT2D eigenvalue weighted by atomic mass is 10.3. The second-order valence-electron chi connectivity index (χ2n) is 3.25.